The van der Waals surface area contributed by atoms with Crippen LogP contribution >= 0.6 is 0 Å². The highest BCUT2D eigenvalue weighted by molar-refractivity contribution is 6.46. The Balaban J connectivity index is 2.14. The first-order chi connectivity index (χ1) is 14.8. The standard InChI is InChI=1S/C26H31NO4/c1-6-7-14-27-23(20-11-9-8-10-17(20)4)22(25(29)26(27)30)24(28)19-12-13-21(18(5)15-19)31-16(2)3/h8-13,15-16,23,28H,6-7,14H2,1-5H3/b24-22+. The fraction of sp³-hybridized carbons (Fsp3) is 0.385. The fourth-order valence-corrected chi connectivity index (χ4v) is 3.99. The highest BCUT2D eigenvalue weighted by atomic mass is 16.5. The SMILES string of the molecule is CCCCN1C(=O)C(=O)/C(=C(/O)c2ccc(OC(C)C)c(C)c2)C1c1ccccc1C. The molecule has 31 heavy (non-hydrogen) atoms. The molecule has 1 atom stereocenters. The van der Waals surface area contributed by atoms with Gasteiger partial charge in [0.25, 0.3) is 11.7 Å². The summed E-state index contributed by atoms with van der Waals surface area (Å²) in [7, 11) is 0. The number of aliphatic hydroxyl groups is 1. The van der Waals surface area contributed by atoms with Crippen LogP contribution in [0.1, 0.15) is 61.9 Å². The normalized spacial score (nSPS) is 18.1. The number of Topliss-reactive ketones (excluding diaryl/α,β-unsaturated/α-hetero) is 1. The molecule has 0 radical (unpaired) electrons. The molecule has 1 N–H and O–H groups in total. The minimum absolute atomic E-state index is 0.0306. The van der Waals surface area contributed by atoms with Crippen molar-refractivity contribution in [2.75, 3.05) is 6.54 Å². The molecule has 1 heterocycles. The van der Waals surface area contributed by atoms with Crippen LogP contribution in [0.5, 0.6) is 5.75 Å². The number of hydrogen-bond acceptors (Lipinski definition) is 4. The number of carbonyl (C=O) groups is 2. The average molecular weight is 422 g/mol. The maximum atomic E-state index is 13.1. The van der Waals surface area contributed by atoms with Crippen LogP contribution in [-0.2, 0) is 9.59 Å². The Hall–Kier alpha value is -3.08. The Morgan fingerprint density at radius 3 is 2.42 bits per heavy atom. The predicted octanol–water partition coefficient (Wildman–Crippen LogP) is 5.31. The van der Waals surface area contributed by atoms with Gasteiger partial charge in [-0.3, -0.25) is 9.59 Å². The highest BCUT2D eigenvalue weighted by Crippen LogP contribution is 2.41. The zero-order chi connectivity index (χ0) is 22.7. The number of unbranched alkanes of at least 4 members (excludes halogenated alkanes) is 1. The van der Waals surface area contributed by atoms with Crippen molar-refractivity contribution in [1.82, 2.24) is 4.90 Å². The largest absolute Gasteiger partial charge is 0.507 e. The Morgan fingerprint density at radius 1 is 1.10 bits per heavy atom. The van der Waals surface area contributed by atoms with E-state index in [0.29, 0.717) is 12.1 Å². The molecule has 0 aromatic heterocycles. The molecule has 1 aliphatic rings. The summed E-state index contributed by atoms with van der Waals surface area (Å²) in [6, 6.07) is 12.4. The number of ketones is 1. The van der Waals surface area contributed by atoms with Gasteiger partial charge >= 0.3 is 0 Å². The third-order valence-electron chi connectivity index (χ3n) is 5.59. The first-order valence-corrected chi connectivity index (χ1v) is 10.9. The summed E-state index contributed by atoms with van der Waals surface area (Å²) < 4.78 is 5.78. The number of likely N-dealkylation sites (tertiary alicyclic amines) is 1. The maximum absolute atomic E-state index is 13.1. The van der Waals surface area contributed by atoms with Crippen molar-refractivity contribution in [1.29, 1.82) is 0 Å². The van der Waals surface area contributed by atoms with Crippen LogP contribution in [-0.4, -0.2) is 34.3 Å². The Morgan fingerprint density at radius 2 is 1.81 bits per heavy atom. The van der Waals surface area contributed by atoms with E-state index in [4.69, 9.17) is 4.74 Å². The second kappa shape index (κ2) is 9.38. The summed E-state index contributed by atoms with van der Waals surface area (Å²) in [6.07, 6.45) is 1.72. The van der Waals surface area contributed by atoms with E-state index in [9.17, 15) is 14.7 Å². The molecule has 164 valence electrons. The zero-order valence-corrected chi connectivity index (χ0v) is 18.9. The van der Waals surface area contributed by atoms with Crippen molar-refractivity contribution in [2.24, 2.45) is 0 Å². The lowest BCUT2D eigenvalue weighted by molar-refractivity contribution is -0.139. The minimum atomic E-state index is -0.637. The Bertz CT molecular complexity index is 1020. The van der Waals surface area contributed by atoms with E-state index in [0.717, 1.165) is 35.3 Å². The summed E-state index contributed by atoms with van der Waals surface area (Å²) in [5.41, 5.74) is 3.33. The summed E-state index contributed by atoms with van der Waals surface area (Å²) in [6.45, 7) is 10.3. The molecule has 0 aliphatic carbocycles. The number of rotatable bonds is 7. The van der Waals surface area contributed by atoms with E-state index in [1.165, 1.54) is 0 Å². The van der Waals surface area contributed by atoms with Gasteiger partial charge in [0.2, 0.25) is 0 Å². The first kappa shape index (κ1) is 22.6. The molecule has 1 aliphatic heterocycles. The molecular weight excluding hydrogens is 390 g/mol. The van der Waals surface area contributed by atoms with Gasteiger partial charge in [0.15, 0.2) is 0 Å². The van der Waals surface area contributed by atoms with Gasteiger partial charge in [-0.05, 0) is 69.0 Å². The predicted molar refractivity (Wildman–Crippen MR) is 122 cm³/mol. The molecule has 3 rings (SSSR count). The van der Waals surface area contributed by atoms with Gasteiger partial charge in [-0.15, -0.1) is 0 Å². The van der Waals surface area contributed by atoms with E-state index >= 15 is 0 Å². The topological polar surface area (TPSA) is 66.8 Å². The van der Waals surface area contributed by atoms with Gasteiger partial charge in [-0.1, -0.05) is 37.6 Å². The van der Waals surface area contributed by atoms with Crippen molar-refractivity contribution in [3.05, 3.63) is 70.3 Å². The minimum Gasteiger partial charge on any atom is -0.507 e. The van der Waals surface area contributed by atoms with Gasteiger partial charge in [0.1, 0.15) is 11.5 Å². The molecule has 1 unspecified atom stereocenters. The van der Waals surface area contributed by atoms with Gasteiger partial charge in [-0.2, -0.15) is 0 Å². The monoisotopic (exact) mass is 421 g/mol. The lowest BCUT2D eigenvalue weighted by Crippen LogP contribution is -2.30. The molecule has 5 heteroatoms. The second-order valence-electron chi connectivity index (χ2n) is 8.35. The molecule has 1 saturated heterocycles. The molecule has 0 saturated carbocycles. The summed E-state index contributed by atoms with van der Waals surface area (Å²) in [4.78, 5) is 27.6. The third-order valence-corrected chi connectivity index (χ3v) is 5.59. The molecule has 5 nitrogen and oxygen atoms in total. The maximum Gasteiger partial charge on any atom is 0.295 e. The summed E-state index contributed by atoms with van der Waals surface area (Å²) >= 11 is 0. The molecule has 0 bridgehead atoms. The van der Waals surface area contributed by atoms with Crippen LogP contribution in [0.15, 0.2) is 48.0 Å². The lowest BCUT2D eigenvalue weighted by Gasteiger charge is -2.26. The molecule has 1 amide bonds. The van der Waals surface area contributed by atoms with E-state index in [1.807, 2.05) is 58.9 Å². The number of nitrogens with zero attached hydrogens (tertiary/aromatic N) is 1. The number of ether oxygens (including phenoxy) is 1. The van der Waals surface area contributed by atoms with Crippen LogP contribution in [0, 0.1) is 13.8 Å². The van der Waals surface area contributed by atoms with Crippen molar-refractivity contribution in [2.45, 2.75) is 59.6 Å². The molecule has 0 spiro atoms. The summed E-state index contributed by atoms with van der Waals surface area (Å²) in [5, 5.41) is 11.2. The van der Waals surface area contributed by atoms with Crippen LogP contribution in [0.4, 0.5) is 0 Å². The third kappa shape index (κ3) is 4.50. The lowest BCUT2D eigenvalue weighted by atomic mass is 9.92. The Labute approximate surface area is 184 Å². The van der Waals surface area contributed by atoms with Crippen LogP contribution < -0.4 is 4.74 Å². The molecule has 1 fully saturated rings. The van der Waals surface area contributed by atoms with Crippen molar-refractivity contribution >= 4 is 17.4 Å². The fourth-order valence-electron chi connectivity index (χ4n) is 3.99. The van der Waals surface area contributed by atoms with Gasteiger partial charge in [-0.25, -0.2) is 0 Å². The van der Waals surface area contributed by atoms with Crippen LogP contribution in [0.25, 0.3) is 5.76 Å². The van der Waals surface area contributed by atoms with Crippen LogP contribution in [0.3, 0.4) is 0 Å². The number of benzene rings is 2. The number of hydrogen-bond donors (Lipinski definition) is 1. The van der Waals surface area contributed by atoms with E-state index in [2.05, 4.69) is 0 Å². The summed E-state index contributed by atoms with van der Waals surface area (Å²) in [5.74, 6) is -0.614. The molecular formula is C26H31NO4. The van der Waals surface area contributed by atoms with Crippen molar-refractivity contribution in [3.8, 4) is 5.75 Å². The number of amides is 1. The quantitative estimate of drug-likeness (QED) is 0.374. The van der Waals surface area contributed by atoms with Gasteiger partial charge < -0.3 is 14.7 Å². The second-order valence-corrected chi connectivity index (χ2v) is 8.35. The van der Waals surface area contributed by atoms with Gasteiger partial charge in [0, 0.05) is 12.1 Å². The average Bonchev–Trinajstić information content (AvgIpc) is 2.97. The molecule has 2 aromatic rings. The van der Waals surface area contributed by atoms with E-state index in [-0.39, 0.29) is 17.4 Å². The first-order valence-electron chi connectivity index (χ1n) is 10.9. The highest BCUT2D eigenvalue weighted by Gasteiger charge is 2.46. The Kier molecular flexibility index (Phi) is 6.84. The van der Waals surface area contributed by atoms with Gasteiger partial charge in [0.05, 0.1) is 17.7 Å². The number of aliphatic hydroxyl groups excluding tert-OH is 1. The van der Waals surface area contributed by atoms with Crippen LogP contribution in [0.2, 0.25) is 0 Å². The van der Waals surface area contributed by atoms with E-state index < -0.39 is 17.7 Å². The zero-order valence-electron chi connectivity index (χ0n) is 18.9. The van der Waals surface area contributed by atoms with E-state index in [1.54, 1.807) is 23.1 Å². The number of carbonyl (C=O) groups excluding carboxylic acids is 2. The smallest absolute Gasteiger partial charge is 0.295 e. The number of aryl methyl sites for hydroxylation is 2. The van der Waals surface area contributed by atoms with Crippen molar-refractivity contribution < 1.29 is 19.4 Å². The molecule has 2 aromatic carbocycles. The van der Waals surface area contributed by atoms with Crippen molar-refractivity contribution in [3.63, 3.8) is 0 Å².